The van der Waals surface area contributed by atoms with E-state index in [2.05, 4.69) is 48.5 Å². The lowest BCUT2D eigenvalue weighted by Gasteiger charge is -2.21. The molecule has 0 saturated heterocycles. The third kappa shape index (κ3) is 73.6. The van der Waals surface area contributed by atoms with Gasteiger partial charge in [0.05, 0.1) is 26.4 Å². The van der Waals surface area contributed by atoms with Crippen molar-refractivity contribution in [3.8, 4) is 0 Å². The molecule has 0 bridgehead atoms. The number of rotatable bonds is 81. The fraction of sp³-hybridized carbons (Fsp3) is 0.952. The van der Waals surface area contributed by atoms with Crippen LogP contribution in [0.5, 0.6) is 0 Å². The number of hydrogen-bond donors (Lipinski definition) is 3. The summed E-state index contributed by atoms with van der Waals surface area (Å²) in [6, 6.07) is 0. The van der Waals surface area contributed by atoms with E-state index < -0.39 is 97.5 Å². The van der Waals surface area contributed by atoms with Crippen LogP contribution in [0.25, 0.3) is 0 Å². The lowest BCUT2D eigenvalue weighted by molar-refractivity contribution is -0.161. The van der Waals surface area contributed by atoms with Crippen LogP contribution in [0, 0.1) is 17.8 Å². The largest absolute Gasteiger partial charge is 0.472 e. The molecule has 0 amide bonds. The summed E-state index contributed by atoms with van der Waals surface area (Å²) < 4.78 is 68.8. The highest BCUT2D eigenvalue weighted by molar-refractivity contribution is 7.47. The molecule has 0 saturated carbocycles. The molecule has 0 aromatic heterocycles. The fourth-order valence-corrected chi connectivity index (χ4v) is 14.4. The maximum absolute atomic E-state index is 13.1. The molecule has 0 aliphatic heterocycles. The first-order valence-electron chi connectivity index (χ1n) is 42.9. The molecule has 0 heterocycles. The van der Waals surface area contributed by atoms with E-state index in [4.69, 9.17) is 37.0 Å². The lowest BCUT2D eigenvalue weighted by Crippen LogP contribution is -2.30. The third-order valence-corrected chi connectivity index (χ3v) is 22.0. The van der Waals surface area contributed by atoms with Gasteiger partial charge in [-0.2, -0.15) is 0 Å². The second-order valence-corrected chi connectivity index (χ2v) is 33.7. The standard InChI is InChI=1S/C83H162O17P2/c1-8-11-12-13-14-15-16-23-31-36-45-52-59-66-82(87)100-79(71-94-81(86)65-58-51-44-39-38-42-49-56-63-76(7)10-3)73-98-102(91,92)96-69-77(84)68-95-101(89,90)97-72-78(70-93-80(85)64-57-50-43-35-30-27-26-28-33-40-47-54-61-74(4)5)99-83(88)67-60-53-46-37-32-25-22-20-18-17-19-21-24-29-34-41-48-55-62-75(6)9-2/h74-79,84H,8-73H2,1-7H3,(H,89,90)(H,91,92)/t75?,76?,77-,78-,79-/m1/s1. The molecule has 0 radical (unpaired) electrons. The Morgan fingerprint density at radius 1 is 0.284 bits per heavy atom. The highest BCUT2D eigenvalue weighted by Gasteiger charge is 2.30. The Bertz CT molecular complexity index is 1980. The molecule has 19 heteroatoms. The van der Waals surface area contributed by atoms with Gasteiger partial charge in [-0.25, -0.2) is 9.13 Å². The van der Waals surface area contributed by atoms with Gasteiger partial charge in [0.15, 0.2) is 12.2 Å². The molecule has 0 aliphatic rings. The van der Waals surface area contributed by atoms with Crippen LogP contribution in [0.1, 0.15) is 434 Å². The first-order chi connectivity index (χ1) is 49.3. The quantitative estimate of drug-likeness (QED) is 0.0222. The summed E-state index contributed by atoms with van der Waals surface area (Å²) in [4.78, 5) is 73.1. The molecule has 606 valence electrons. The van der Waals surface area contributed by atoms with E-state index in [-0.39, 0.29) is 25.7 Å². The number of hydrogen-bond acceptors (Lipinski definition) is 15. The van der Waals surface area contributed by atoms with Crippen molar-refractivity contribution in [2.45, 2.75) is 452 Å². The van der Waals surface area contributed by atoms with Gasteiger partial charge in [0.2, 0.25) is 0 Å². The molecular formula is C83H162O17P2. The van der Waals surface area contributed by atoms with Crippen LogP contribution in [0.15, 0.2) is 0 Å². The number of carbonyl (C=O) groups is 4. The summed E-state index contributed by atoms with van der Waals surface area (Å²) >= 11 is 0. The number of esters is 4. The van der Waals surface area contributed by atoms with Crippen molar-refractivity contribution >= 4 is 39.5 Å². The van der Waals surface area contributed by atoms with E-state index in [1.54, 1.807) is 0 Å². The Balaban J connectivity index is 5.23. The van der Waals surface area contributed by atoms with Gasteiger partial charge >= 0.3 is 39.5 Å². The van der Waals surface area contributed by atoms with Gasteiger partial charge in [-0.1, -0.05) is 382 Å². The number of phosphoric ester groups is 2. The van der Waals surface area contributed by atoms with E-state index in [1.807, 2.05) is 0 Å². The summed E-state index contributed by atoms with van der Waals surface area (Å²) in [5, 5.41) is 10.7. The van der Waals surface area contributed by atoms with Crippen molar-refractivity contribution in [2.24, 2.45) is 17.8 Å². The Hall–Kier alpha value is -1.94. The van der Waals surface area contributed by atoms with Crippen LogP contribution in [0.3, 0.4) is 0 Å². The van der Waals surface area contributed by atoms with Crippen LogP contribution >= 0.6 is 15.6 Å². The number of aliphatic hydroxyl groups excluding tert-OH is 1. The molecular weight excluding hydrogens is 1330 g/mol. The number of ether oxygens (including phenoxy) is 4. The maximum Gasteiger partial charge on any atom is 0.472 e. The van der Waals surface area contributed by atoms with Gasteiger partial charge in [-0.3, -0.25) is 37.3 Å². The zero-order chi connectivity index (χ0) is 75.1. The topological polar surface area (TPSA) is 237 Å². The van der Waals surface area contributed by atoms with Crippen molar-refractivity contribution in [1.82, 2.24) is 0 Å². The van der Waals surface area contributed by atoms with Gasteiger partial charge in [-0.15, -0.1) is 0 Å². The molecule has 3 N–H and O–H groups in total. The number of aliphatic hydroxyl groups is 1. The van der Waals surface area contributed by atoms with E-state index in [0.717, 1.165) is 108 Å². The van der Waals surface area contributed by atoms with E-state index in [1.165, 1.54) is 244 Å². The lowest BCUT2D eigenvalue weighted by atomic mass is 9.99. The molecule has 0 rings (SSSR count). The third-order valence-electron chi connectivity index (χ3n) is 20.1. The number of phosphoric acid groups is 2. The van der Waals surface area contributed by atoms with Crippen molar-refractivity contribution in [3.63, 3.8) is 0 Å². The van der Waals surface area contributed by atoms with Gasteiger partial charge < -0.3 is 33.8 Å². The monoisotopic (exact) mass is 1490 g/mol. The van der Waals surface area contributed by atoms with E-state index in [9.17, 15) is 43.2 Å². The Labute approximate surface area is 626 Å². The highest BCUT2D eigenvalue weighted by atomic mass is 31.2. The maximum atomic E-state index is 13.1. The molecule has 7 atom stereocenters. The molecule has 102 heavy (non-hydrogen) atoms. The first-order valence-corrected chi connectivity index (χ1v) is 45.9. The molecule has 0 aliphatic carbocycles. The average Bonchev–Trinajstić information content (AvgIpc) is 0.967. The summed E-state index contributed by atoms with van der Waals surface area (Å²) in [5.41, 5.74) is 0. The second-order valence-electron chi connectivity index (χ2n) is 30.8. The number of unbranched alkanes of at least 4 members (excludes halogenated alkanes) is 47. The molecule has 0 spiro atoms. The van der Waals surface area contributed by atoms with Crippen molar-refractivity contribution in [3.05, 3.63) is 0 Å². The van der Waals surface area contributed by atoms with Gasteiger partial charge in [0.25, 0.3) is 0 Å². The minimum Gasteiger partial charge on any atom is -0.462 e. The molecule has 0 aromatic carbocycles. The molecule has 0 fully saturated rings. The van der Waals surface area contributed by atoms with Crippen molar-refractivity contribution < 1.29 is 80.2 Å². The Kier molecular flexibility index (Phi) is 71.8. The summed E-state index contributed by atoms with van der Waals surface area (Å²) in [5.74, 6) is 0.323. The predicted molar refractivity (Wildman–Crippen MR) is 418 cm³/mol. The van der Waals surface area contributed by atoms with Gasteiger partial charge in [0, 0.05) is 25.7 Å². The summed E-state index contributed by atoms with van der Waals surface area (Å²) in [6.07, 6.45) is 62.3. The van der Waals surface area contributed by atoms with E-state index >= 15 is 0 Å². The Morgan fingerprint density at radius 2 is 0.500 bits per heavy atom. The minimum atomic E-state index is -4.96. The van der Waals surface area contributed by atoms with Crippen LogP contribution < -0.4 is 0 Å². The van der Waals surface area contributed by atoms with E-state index in [0.29, 0.717) is 25.7 Å². The van der Waals surface area contributed by atoms with Crippen molar-refractivity contribution in [2.75, 3.05) is 39.6 Å². The average molecular weight is 1490 g/mol. The predicted octanol–water partition coefficient (Wildman–Crippen LogP) is 24.9. The zero-order valence-corrected chi connectivity index (χ0v) is 68.9. The normalized spacial score (nSPS) is 14.5. The summed E-state index contributed by atoms with van der Waals surface area (Å²) in [6.45, 7) is 12.0. The zero-order valence-electron chi connectivity index (χ0n) is 67.1. The minimum absolute atomic E-state index is 0.107. The van der Waals surface area contributed by atoms with Gasteiger partial charge in [0.1, 0.15) is 19.3 Å². The molecule has 17 nitrogen and oxygen atoms in total. The van der Waals surface area contributed by atoms with Crippen molar-refractivity contribution in [1.29, 1.82) is 0 Å². The molecule has 0 aromatic rings. The van der Waals surface area contributed by atoms with Crippen LogP contribution in [0.4, 0.5) is 0 Å². The first kappa shape index (κ1) is 100. The molecule has 4 unspecified atom stereocenters. The second kappa shape index (κ2) is 73.2. The fourth-order valence-electron chi connectivity index (χ4n) is 12.8. The smallest absolute Gasteiger partial charge is 0.462 e. The Morgan fingerprint density at radius 3 is 0.745 bits per heavy atom. The van der Waals surface area contributed by atoms with Crippen LogP contribution in [0.2, 0.25) is 0 Å². The van der Waals surface area contributed by atoms with Crippen LogP contribution in [-0.4, -0.2) is 96.7 Å². The van der Waals surface area contributed by atoms with Gasteiger partial charge in [-0.05, 0) is 43.4 Å². The highest BCUT2D eigenvalue weighted by Crippen LogP contribution is 2.45. The number of carbonyl (C=O) groups excluding carboxylic acids is 4. The SMILES string of the molecule is CCCCCCCCCCCCCCCC(=O)O[C@H](COC(=O)CCCCCCCCCCC(C)CC)COP(=O)(O)OC[C@H](O)COP(=O)(O)OC[C@@H](COC(=O)CCCCCCCCCCCCCCC(C)C)OC(=O)CCCCCCCCCCCCCCCCCCCCC(C)CC. The van der Waals surface area contributed by atoms with Crippen LogP contribution in [-0.2, 0) is 65.4 Å². The summed E-state index contributed by atoms with van der Waals surface area (Å²) in [7, 11) is -9.92.